The maximum atomic E-state index is 5.46. The van der Waals surface area contributed by atoms with E-state index in [1.54, 1.807) is 7.11 Å². The summed E-state index contributed by atoms with van der Waals surface area (Å²) in [5.41, 5.74) is 4.90. The van der Waals surface area contributed by atoms with E-state index in [9.17, 15) is 0 Å². The highest BCUT2D eigenvalue weighted by atomic mass is 16.5. The van der Waals surface area contributed by atoms with E-state index in [2.05, 4.69) is 47.4 Å². The van der Waals surface area contributed by atoms with Crippen LogP contribution in [0, 0.1) is 0 Å². The predicted molar refractivity (Wildman–Crippen MR) is 104 cm³/mol. The Morgan fingerprint density at radius 2 is 1.76 bits per heavy atom. The highest BCUT2D eigenvalue weighted by molar-refractivity contribution is 5.84. The molecular weight excluding hydrogens is 308 g/mol. The average Bonchev–Trinajstić information content (AvgIpc) is 3.20. The number of ether oxygens (including phenoxy) is 1. The lowest BCUT2D eigenvalue weighted by molar-refractivity contribution is 0.419. The number of pyridine rings is 1. The van der Waals surface area contributed by atoms with Gasteiger partial charge < -0.3 is 9.64 Å². The summed E-state index contributed by atoms with van der Waals surface area (Å²) in [5, 5.41) is 1.13. The molecule has 25 heavy (non-hydrogen) atoms. The van der Waals surface area contributed by atoms with Crippen molar-refractivity contribution in [3.8, 4) is 5.75 Å². The molecule has 0 saturated carbocycles. The maximum Gasteiger partial charge on any atom is 0.145 e. The van der Waals surface area contributed by atoms with Gasteiger partial charge in [0.05, 0.1) is 7.11 Å². The number of rotatable bonds is 5. The van der Waals surface area contributed by atoms with E-state index in [1.807, 2.05) is 12.1 Å². The monoisotopic (exact) mass is 332 g/mol. The Hall–Kier alpha value is -2.55. The topological polar surface area (TPSA) is 25.4 Å². The third kappa shape index (κ3) is 3.32. The lowest BCUT2D eigenvalue weighted by Crippen LogP contribution is -2.19. The summed E-state index contributed by atoms with van der Waals surface area (Å²) < 4.78 is 5.46. The number of para-hydroxylation sites is 2. The van der Waals surface area contributed by atoms with E-state index in [1.165, 1.54) is 37.2 Å². The summed E-state index contributed by atoms with van der Waals surface area (Å²) in [7, 11) is 1.70. The predicted octanol–water partition coefficient (Wildman–Crippen LogP) is 4.63. The third-order valence-corrected chi connectivity index (χ3v) is 5.05. The van der Waals surface area contributed by atoms with Crippen LogP contribution in [0.25, 0.3) is 10.9 Å². The van der Waals surface area contributed by atoms with Crippen molar-refractivity contribution in [1.29, 1.82) is 0 Å². The van der Waals surface area contributed by atoms with Gasteiger partial charge in [-0.25, -0.2) is 4.98 Å². The van der Waals surface area contributed by atoms with Crippen LogP contribution in [0.5, 0.6) is 5.75 Å². The Balaban J connectivity index is 1.56. The molecule has 2 aromatic carbocycles. The molecule has 128 valence electrons. The van der Waals surface area contributed by atoms with Gasteiger partial charge in [0.1, 0.15) is 11.3 Å². The van der Waals surface area contributed by atoms with Crippen LogP contribution in [-0.4, -0.2) is 25.2 Å². The smallest absolute Gasteiger partial charge is 0.145 e. The highest BCUT2D eigenvalue weighted by Gasteiger charge is 2.15. The molecule has 3 aromatic rings. The number of aromatic nitrogens is 1. The van der Waals surface area contributed by atoms with Crippen molar-refractivity contribution in [3.63, 3.8) is 0 Å². The second-order valence-electron chi connectivity index (χ2n) is 6.66. The zero-order valence-corrected chi connectivity index (χ0v) is 14.7. The fraction of sp³-hybridized carbons (Fsp3) is 0.318. The first-order valence-electron chi connectivity index (χ1n) is 9.10. The lowest BCUT2D eigenvalue weighted by atomic mass is 10.0. The summed E-state index contributed by atoms with van der Waals surface area (Å²) in [6.45, 7) is 2.37. The van der Waals surface area contributed by atoms with Crippen molar-refractivity contribution in [3.05, 3.63) is 65.9 Å². The molecule has 1 aliphatic rings. The number of fused-ring (bicyclic) bond motifs is 1. The van der Waals surface area contributed by atoms with Crippen molar-refractivity contribution in [1.82, 2.24) is 4.98 Å². The summed E-state index contributed by atoms with van der Waals surface area (Å²) in [5.74, 6) is 0.844. The van der Waals surface area contributed by atoms with E-state index in [4.69, 9.17) is 9.72 Å². The third-order valence-electron chi connectivity index (χ3n) is 5.05. The summed E-state index contributed by atoms with van der Waals surface area (Å²) >= 11 is 0. The van der Waals surface area contributed by atoms with Crippen LogP contribution in [0.2, 0.25) is 0 Å². The van der Waals surface area contributed by atoms with Crippen LogP contribution in [0.15, 0.2) is 54.6 Å². The van der Waals surface area contributed by atoms with Gasteiger partial charge in [-0.15, -0.1) is 0 Å². The zero-order chi connectivity index (χ0) is 17.1. The molecule has 0 spiro atoms. The second kappa shape index (κ2) is 7.14. The van der Waals surface area contributed by atoms with Gasteiger partial charge in [-0.05, 0) is 49.4 Å². The number of aryl methyl sites for hydroxylation is 2. The first-order valence-corrected chi connectivity index (χ1v) is 9.10. The van der Waals surface area contributed by atoms with E-state index >= 15 is 0 Å². The van der Waals surface area contributed by atoms with Crippen LogP contribution >= 0.6 is 0 Å². The van der Waals surface area contributed by atoms with E-state index < -0.39 is 0 Å². The van der Waals surface area contributed by atoms with Crippen LogP contribution in [0.4, 0.5) is 5.69 Å². The summed E-state index contributed by atoms with van der Waals surface area (Å²) in [6, 6.07) is 19.2. The Labute approximate surface area is 149 Å². The Morgan fingerprint density at radius 1 is 0.920 bits per heavy atom. The molecule has 0 aliphatic carbocycles. The minimum atomic E-state index is 0.844. The standard InChI is InChI=1S/C22H24N2O/c1-25-21-10-6-8-18-12-14-19(23-22(18)21)13-11-17-7-2-3-9-20(17)24-15-4-5-16-24/h2-3,6-10,12,14H,4-5,11,13,15-16H2,1H3. The molecule has 1 fully saturated rings. The SMILES string of the molecule is COc1cccc2ccc(CCc3ccccc3N3CCCC3)nc12. The van der Waals surface area contributed by atoms with Crippen molar-refractivity contribution < 1.29 is 4.74 Å². The van der Waals surface area contributed by atoms with Crippen molar-refractivity contribution >= 4 is 16.6 Å². The molecule has 2 heterocycles. The van der Waals surface area contributed by atoms with Gasteiger partial charge in [0.15, 0.2) is 0 Å². The maximum absolute atomic E-state index is 5.46. The van der Waals surface area contributed by atoms with Crippen molar-refractivity contribution in [2.45, 2.75) is 25.7 Å². The summed E-state index contributed by atoms with van der Waals surface area (Å²) in [6.07, 6.45) is 4.57. The van der Waals surface area contributed by atoms with Gasteiger partial charge in [-0.1, -0.05) is 36.4 Å². The van der Waals surface area contributed by atoms with Crippen molar-refractivity contribution in [2.75, 3.05) is 25.1 Å². The minimum absolute atomic E-state index is 0.844. The molecular formula is C22H24N2O. The van der Waals surface area contributed by atoms with Gasteiger partial charge in [0, 0.05) is 29.9 Å². The molecule has 0 amide bonds. The molecule has 3 heteroatoms. The number of methoxy groups -OCH3 is 1. The van der Waals surface area contributed by atoms with E-state index in [0.717, 1.165) is 35.2 Å². The molecule has 1 aromatic heterocycles. The van der Waals surface area contributed by atoms with Gasteiger partial charge in [0.25, 0.3) is 0 Å². The fourth-order valence-corrected chi connectivity index (χ4v) is 3.72. The molecule has 0 radical (unpaired) electrons. The first kappa shape index (κ1) is 15.9. The van der Waals surface area contributed by atoms with Crippen LogP contribution < -0.4 is 9.64 Å². The number of hydrogen-bond donors (Lipinski definition) is 0. The van der Waals surface area contributed by atoms with E-state index in [0.29, 0.717) is 0 Å². The van der Waals surface area contributed by atoms with Gasteiger partial charge in [0.2, 0.25) is 0 Å². The van der Waals surface area contributed by atoms with Crippen molar-refractivity contribution in [2.24, 2.45) is 0 Å². The molecule has 4 rings (SSSR count). The number of anilines is 1. The zero-order valence-electron chi connectivity index (χ0n) is 14.7. The first-order chi connectivity index (χ1) is 12.3. The molecule has 3 nitrogen and oxygen atoms in total. The Bertz CT molecular complexity index is 869. The summed E-state index contributed by atoms with van der Waals surface area (Å²) in [4.78, 5) is 7.37. The van der Waals surface area contributed by atoms with Gasteiger partial charge in [-0.3, -0.25) is 0 Å². The van der Waals surface area contributed by atoms with E-state index in [-0.39, 0.29) is 0 Å². The molecule has 1 saturated heterocycles. The van der Waals surface area contributed by atoms with Gasteiger partial charge >= 0.3 is 0 Å². The average molecular weight is 332 g/mol. The largest absolute Gasteiger partial charge is 0.494 e. The molecule has 0 unspecified atom stereocenters. The fourth-order valence-electron chi connectivity index (χ4n) is 3.72. The highest BCUT2D eigenvalue weighted by Crippen LogP contribution is 2.27. The second-order valence-corrected chi connectivity index (χ2v) is 6.66. The van der Waals surface area contributed by atoms with Crippen LogP contribution in [0.1, 0.15) is 24.1 Å². The quantitative estimate of drug-likeness (QED) is 0.681. The molecule has 0 bridgehead atoms. The lowest BCUT2D eigenvalue weighted by Gasteiger charge is -2.21. The number of benzene rings is 2. The molecule has 1 aliphatic heterocycles. The van der Waals surface area contributed by atoms with Gasteiger partial charge in [-0.2, -0.15) is 0 Å². The number of nitrogens with zero attached hydrogens (tertiary/aromatic N) is 2. The molecule has 0 N–H and O–H groups in total. The van der Waals surface area contributed by atoms with Crippen LogP contribution in [-0.2, 0) is 12.8 Å². The Morgan fingerprint density at radius 3 is 2.60 bits per heavy atom. The number of hydrogen-bond acceptors (Lipinski definition) is 3. The molecule has 0 atom stereocenters. The minimum Gasteiger partial charge on any atom is -0.494 e. The Kier molecular flexibility index (Phi) is 4.55. The normalized spacial score (nSPS) is 14.2. The van der Waals surface area contributed by atoms with Crippen LogP contribution in [0.3, 0.4) is 0 Å².